The molecule has 0 saturated carbocycles. The van der Waals surface area contributed by atoms with Crippen LogP contribution in [0.15, 0.2) is 35.7 Å². The zero-order chi connectivity index (χ0) is 18.0. The van der Waals surface area contributed by atoms with E-state index in [1.807, 2.05) is 12.2 Å². The Labute approximate surface area is 145 Å². The molecule has 0 aromatic heterocycles. The summed E-state index contributed by atoms with van der Waals surface area (Å²) in [6.45, 7) is 19.0. The van der Waals surface area contributed by atoms with Crippen molar-refractivity contribution in [2.75, 3.05) is 0 Å². The summed E-state index contributed by atoms with van der Waals surface area (Å²) in [5.41, 5.74) is 0.860. The van der Waals surface area contributed by atoms with Gasteiger partial charge >= 0.3 is 0 Å². The third-order valence-electron chi connectivity index (χ3n) is 4.65. The van der Waals surface area contributed by atoms with Crippen molar-refractivity contribution in [2.45, 2.75) is 73.9 Å². The smallest absolute Gasteiger partial charge is 0.122 e. The SMILES string of the molecule is C=C(\C=C/C(=C\C(C)CC)/P=C/C(C)C(C)(C)CCC)C(C)F. The minimum Gasteiger partial charge on any atom is -0.243 e. The van der Waals surface area contributed by atoms with Gasteiger partial charge in [-0.1, -0.05) is 93.2 Å². The summed E-state index contributed by atoms with van der Waals surface area (Å²) in [6, 6.07) is 0. The van der Waals surface area contributed by atoms with Crippen LogP contribution in [0, 0.1) is 17.3 Å². The molecule has 3 unspecified atom stereocenters. The molecule has 3 atom stereocenters. The summed E-state index contributed by atoms with van der Waals surface area (Å²) in [4.78, 5) is 0. The first kappa shape index (κ1) is 22.3. The molecular formula is C21H36FP. The summed E-state index contributed by atoms with van der Waals surface area (Å²) in [6.07, 6.45) is 8.72. The van der Waals surface area contributed by atoms with Crippen molar-refractivity contribution in [3.63, 3.8) is 0 Å². The van der Waals surface area contributed by atoms with Crippen molar-refractivity contribution in [1.82, 2.24) is 0 Å². The van der Waals surface area contributed by atoms with Gasteiger partial charge in [0.25, 0.3) is 0 Å². The Morgan fingerprint density at radius 3 is 2.26 bits per heavy atom. The van der Waals surface area contributed by atoms with Gasteiger partial charge in [-0.15, -0.1) is 0 Å². The zero-order valence-corrected chi connectivity index (χ0v) is 17.1. The van der Waals surface area contributed by atoms with Crippen LogP contribution in [-0.4, -0.2) is 12.0 Å². The molecule has 0 heterocycles. The summed E-state index contributed by atoms with van der Waals surface area (Å²) in [7, 11) is 1.21. The summed E-state index contributed by atoms with van der Waals surface area (Å²) >= 11 is 0. The van der Waals surface area contributed by atoms with Crippen LogP contribution in [0.2, 0.25) is 0 Å². The molecular weight excluding hydrogens is 302 g/mol. The molecule has 0 spiro atoms. The van der Waals surface area contributed by atoms with Gasteiger partial charge in [0.15, 0.2) is 0 Å². The van der Waals surface area contributed by atoms with Gasteiger partial charge in [-0.3, -0.25) is 0 Å². The standard InChI is InChI=1S/C21H36FP/c1-9-13-21(7,8)18(5)15-23-20(14-16(3)10-2)12-11-17(4)19(6)22/h11-12,14-16,18-19H,4,9-10,13H2,1-3,5-8H3/b12-11-,20-14+. The normalized spacial score (nSPS) is 17.7. The Kier molecular flexibility index (Phi) is 10.7. The van der Waals surface area contributed by atoms with Crippen LogP contribution in [0.5, 0.6) is 0 Å². The van der Waals surface area contributed by atoms with Crippen LogP contribution in [0.25, 0.3) is 0 Å². The highest BCUT2D eigenvalue weighted by Gasteiger charge is 2.22. The van der Waals surface area contributed by atoms with E-state index in [0.717, 1.165) is 6.42 Å². The number of rotatable bonds is 10. The average molecular weight is 338 g/mol. The molecule has 0 N–H and O–H groups in total. The molecule has 0 saturated heterocycles. The molecule has 0 aromatic rings. The zero-order valence-electron chi connectivity index (χ0n) is 16.2. The lowest BCUT2D eigenvalue weighted by atomic mass is 9.78. The molecule has 0 radical (unpaired) electrons. The van der Waals surface area contributed by atoms with Gasteiger partial charge in [0.05, 0.1) is 0 Å². The second kappa shape index (κ2) is 11.0. The van der Waals surface area contributed by atoms with Crippen LogP contribution in [0.1, 0.15) is 67.7 Å². The fourth-order valence-electron chi connectivity index (χ4n) is 2.15. The van der Waals surface area contributed by atoms with Crippen molar-refractivity contribution >= 4 is 14.0 Å². The van der Waals surface area contributed by atoms with Gasteiger partial charge in [0.2, 0.25) is 0 Å². The summed E-state index contributed by atoms with van der Waals surface area (Å²) in [5, 5.41) is 1.24. The molecule has 132 valence electrons. The molecule has 0 aliphatic heterocycles. The second-order valence-corrected chi connectivity index (χ2v) is 8.38. The van der Waals surface area contributed by atoms with E-state index < -0.39 is 6.17 Å². The monoisotopic (exact) mass is 338 g/mol. The Balaban J connectivity index is 5.21. The van der Waals surface area contributed by atoms with Crippen LogP contribution < -0.4 is 0 Å². The molecule has 0 aliphatic rings. The van der Waals surface area contributed by atoms with Gasteiger partial charge in [-0.05, 0) is 41.5 Å². The van der Waals surface area contributed by atoms with Crippen LogP contribution in [0.4, 0.5) is 4.39 Å². The third-order valence-corrected chi connectivity index (χ3v) is 5.85. The minimum atomic E-state index is -0.987. The predicted octanol–water partition coefficient (Wildman–Crippen LogP) is 7.60. The maximum Gasteiger partial charge on any atom is 0.122 e. The number of hydrogen-bond donors (Lipinski definition) is 0. The van der Waals surface area contributed by atoms with Crippen LogP contribution in [0.3, 0.4) is 0 Å². The van der Waals surface area contributed by atoms with E-state index >= 15 is 0 Å². The predicted molar refractivity (Wildman–Crippen MR) is 107 cm³/mol. The van der Waals surface area contributed by atoms with Crippen molar-refractivity contribution in [3.05, 3.63) is 35.7 Å². The van der Waals surface area contributed by atoms with E-state index in [-0.39, 0.29) is 0 Å². The molecule has 0 fully saturated rings. The molecule has 0 aliphatic carbocycles. The summed E-state index contributed by atoms with van der Waals surface area (Å²) in [5.74, 6) is 3.46. The maximum absolute atomic E-state index is 13.2. The number of allylic oxidation sites excluding steroid dienone is 5. The lowest BCUT2D eigenvalue weighted by molar-refractivity contribution is 0.273. The fraction of sp³-hybridized carbons (Fsp3) is 0.667. The van der Waals surface area contributed by atoms with Crippen molar-refractivity contribution in [3.8, 4) is 0 Å². The first-order valence-electron chi connectivity index (χ1n) is 8.91. The number of alkyl halides is 1. The average Bonchev–Trinajstić information content (AvgIpc) is 2.48. The molecule has 23 heavy (non-hydrogen) atoms. The largest absolute Gasteiger partial charge is 0.243 e. The van der Waals surface area contributed by atoms with Gasteiger partial charge in [0.1, 0.15) is 6.17 Å². The first-order valence-corrected chi connectivity index (χ1v) is 9.87. The number of hydrogen-bond acceptors (Lipinski definition) is 0. The lowest BCUT2D eigenvalue weighted by Gasteiger charge is -2.29. The fourth-order valence-corrected chi connectivity index (χ4v) is 3.45. The topological polar surface area (TPSA) is 0 Å². The molecule has 0 nitrogen and oxygen atoms in total. The van der Waals surface area contributed by atoms with Gasteiger partial charge in [0, 0.05) is 0 Å². The maximum atomic E-state index is 13.2. The van der Waals surface area contributed by atoms with Crippen molar-refractivity contribution in [1.29, 1.82) is 0 Å². The minimum absolute atomic E-state index is 0.323. The van der Waals surface area contributed by atoms with E-state index in [9.17, 15) is 4.39 Å². The van der Waals surface area contributed by atoms with E-state index in [4.69, 9.17) is 0 Å². The number of halogens is 1. The molecule has 0 amide bonds. The Hall–Kier alpha value is -0.680. The van der Waals surface area contributed by atoms with Crippen LogP contribution >= 0.6 is 8.20 Å². The Bertz CT molecular complexity index is 441. The highest BCUT2D eigenvalue weighted by atomic mass is 31.1. The van der Waals surface area contributed by atoms with Gasteiger partial charge < -0.3 is 0 Å². The molecule has 0 bridgehead atoms. The van der Waals surface area contributed by atoms with E-state index in [0.29, 0.717) is 22.8 Å². The quantitative estimate of drug-likeness (QED) is 0.284. The Morgan fingerprint density at radius 1 is 1.17 bits per heavy atom. The molecule has 0 aromatic carbocycles. The first-order chi connectivity index (χ1) is 10.6. The van der Waals surface area contributed by atoms with Crippen molar-refractivity contribution < 1.29 is 4.39 Å². The molecule has 2 heteroatoms. The van der Waals surface area contributed by atoms with E-state index in [1.165, 1.54) is 33.3 Å². The highest BCUT2D eigenvalue weighted by molar-refractivity contribution is 7.43. The van der Waals surface area contributed by atoms with Crippen LogP contribution in [-0.2, 0) is 0 Å². The second-order valence-electron chi connectivity index (χ2n) is 7.31. The van der Waals surface area contributed by atoms with E-state index in [1.54, 1.807) is 0 Å². The lowest BCUT2D eigenvalue weighted by Crippen LogP contribution is -2.21. The van der Waals surface area contributed by atoms with Gasteiger partial charge in [-0.2, -0.15) is 0 Å². The highest BCUT2D eigenvalue weighted by Crippen LogP contribution is 2.33. The third kappa shape index (κ3) is 9.26. The molecule has 0 rings (SSSR count). The van der Waals surface area contributed by atoms with Gasteiger partial charge in [-0.25, -0.2) is 4.39 Å². The summed E-state index contributed by atoms with van der Waals surface area (Å²) < 4.78 is 13.2. The Morgan fingerprint density at radius 2 is 1.78 bits per heavy atom. The van der Waals surface area contributed by atoms with E-state index in [2.05, 4.69) is 60.0 Å². The van der Waals surface area contributed by atoms with Crippen molar-refractivity contribution in [2.24, 2.45) is 17.3 Å².